The van der Waals surface area contributed by atoms with E-state index in [4.69, 9.17) is 9.47 Å². The smallest absolute Gasteiger partial charge is 0.269 e. The first kappa shape index (κ1) is 22.1. The number of nitro groups is 1. The van der Waals surface area contributed by atoms with Gasteiger partial charge in [0.1, 0.15) is 0 Å². The molecule has 0 aliphatic carbocycles. The van der Waals surface area contributed by atoms with E-state index in [9.17, 15) is 18.5 Å². The molecule has 4 aromatic rings. The van der Waals surface area contributed by atoms with Gasteiger partial charge in [-0.3, -0.25) is 10.1 Å². The number of nitrogens with zero attached hydrogens (tertiary/aromatic N) is 3. The second-order valence-electron chi connectivity index (χ2n) is 7.81. The molecule has 174 valence electrons. The van der Waals surface area contributed by atoms with Crippen molar-refractivity contribution in [2.75, 3.05) is 6.61 Å². The summed E-state index contributed by atoms with van der Waals surface area (Å²) in [6.07, 6.45) is 1.25. The van der Waals surface area contributed by atoms with Crippen LogP contribution in [0.5, 0.6) is 5.75 Å². The van der Waals surface area contributed by atoms with E-state index in [0.717, 1.165) is 0 Å². The molecule has 0 unspecified atom stereocenters. The molecule has 0 radical (unpaired) electrons. The lowest BCUT2D eigenvalue weighted by atomic mass is 9.90. The van der Waals surface area contributed by atoms with Crippen LogP contribution in [0, 0.1) is 10.1 Å². The Labute approximate surface area is 195 Å². The molecule has 0 N–H and O–H groups in total. The lowest BCUT2D eigenvalue weighted by Crippen LogP contribution is -2.31. The van der Waals surface area contributed by atoms with Gasteiger partial charge in [-0.25, -0.2) is 17.4 Å². The van der Waals surface area contributed by atoms with Crippen molar-refractivity contribution in [2.24, 2.45) is 0 Å². The molecule has 34 heavy (non-hydrogen) atoms. The van der Waals surface area contributed by atoms with Gasteiger partial charge in [0, 0.05) is 37.3 Å². The zero-order valence-corrected chi connectivity index (χ0v) is 19.0. The van der Waals surface area contributed by atoms with Gasteiger partial charge in [0.05, 0.1) is 20.9 Å². The molecular formula is C24H21N3O6S. The van der Waals surface area contributed by atoms with Gasteiger partial charge in [0.25, 0.3) is 15.7 Å². The number of pyridine rings is 1. The van der Waals surface area contributed by atoms with Crippen LogP contribution in [0.2, 0.25) is 0 Å². The second kappa shape index (κ2) is 8.54. The number of nitro benzene ring substituents is 1. The number of rotatable bonds is 6. The van der Waals surface area contributed by atoms with Gasteiger partial charge < -0.3 is 9.47 Å². The summed E-state index contributed by atoms with van der Waals surface area (Å²) >= 11 is 0. The van der Waals surface area contributed by atoms with Crippen LogP contribution in [-0.4, -0.2) is 35.2 Å². The summed E-state index contributed by atoms with van der Waals surface area (Å²) in [5.41, 5.74) is 1.34. The number of fused-ring (bicyclic) bond motifs is 3. The molecule has 0 saturated carbocycles. The van der Waals surface area contributed by atoms with Crippen molar-refractivity contribution >= 4 is 26.7 Å². The molecule has 0 saturated heterocycles. The molecule has 9 nitrogen and oxygen atoms in total. The average Bonchev–Trinajstić information content (AvgIpc) is 3.19. The van der Waals surface area contributed by atoms with Gasteiger partial charge in [0.15, 0.2) is 11.4 Å². The normalized spacial score (nSPS) is 17.8. The average molecular weight is 480 g/mol. The number of hydrogen-bond donors (Lipinski definition) is 0. The lowest BCUT2D eigenvalue weighted by molar-refractivity contribution is -0.384. The summed E-state index contributed by atoms with van der Waals surface area (Å²) in [6.45, 7) is 2.26. The fourth-order valence-corrected chi connectivity index (χ4v) is 5.89. The van der Waals surface area contributed by atoms with Crippen molar-refractivity contribution in [3.63, 3.8) is 0 Å². The third-order valence-electron chi connectivity index (χ3n) is 5.82. The summed E-state index contributed by atoms with van der Waals surface area (Å²) in [7, 11) is -4.03. The lowest BCUT2D eigenvalue weighted by Gasteiger charge is -2.31. The van der Waals surface area contributed by atoms with Gasteiger partial charge in [-0.1, -0.05) is 30.3 Å². The highest BCUT2D eigenvalue weighted by molar-refractivity contribution is 7.90. The molecule has 0 spiro atoms. The molecule has 2 aromatic carbocycles. The molecule has 0 fully saturated rings. The fraction of sp³-hybridized carbons (Fsp3) is 0.208. The van der Waals surface area contributed by atoms with E-state index in [1.54, 1.807) is 42.5 Å². The molecule has 3 heterocycles. The van der Waals surface area contributed by atoms with E-state index in [1.165, 1.54) is 34.4 Å². The molecular weight excluding hydrogens is 458 g/mol. The van der Waals surface area contributed by atoms with Crippen molar-refractivity contribution < 1.29 is 22.8 Å². The first-order chi connectivity index (χ1) is 16.4. The number of non-ortho nitro benzene ring substituents is 1. The van der Waals surface area contributed by atoms with Gasteiger partial charge in [-0.2, -0.15) is 0 Å². The SMILES string of the molecule is CCO[C@@H]1C[C@@H](c2ccc([N+](=O)[O-])cc2)c2c(c3cccnc3n2S(=O)(=O)c2ccccc2)O1. The Bertz CT molecular complexity index is 1470. The van der Waals surface area contributed by atoms with E-state index in [-0.39, 0.29) is 16.2 Å². The quantitative estimate of drug-likeness (QED) is 0.296. The van der Waals surface area contributed by atoms with Crippen LogP contribution in [-0.2, 0) is 14.8 Å². The van der Waals surface area contributed by atoms with Crippen LogP contribution in [0.1, 0.15) is 30.5 Å². The number of hydrogen-bond acceptors (Lipinski definition) is 7. The Morgan fingerprint density at radius 2 is 1.85 bits per heavy atom. The molecule has 5 rings (SSSR count). The predicted octanol–water partition coefficient (Wildman–Crippen LogP) is 4.46. The standard InChI is InChI=1S/C24H21N3O6S/c1-2-32-21-15-20(16-10-12-17(13-11-16)27(28)29)22-23(33-21)19-9-6-14-25-24(19)26(22)34(30,31)18-7-4-3-5-8-18/h3-14,20-21H,2,15H2,1H3/t20-,21-/m0/s1. The van der Waals surface area contributed by atoms with Gasteiger partial charge in [0.2, 0.25) is 6.29 Å². The molecule has 10 heteroatoms. The number of aromatic nitrogens is 2. The van der Waals surface area contributed by atoms with E-state index >= 15 is 0 Å². The first-order valence-corrected chi connectivity index (χ1v) is 12.2. The van der Waals surface area contributed by atoms with Crippen LogP contribution >= 0.6 is 0 Å². The molecule has 2 atom stereocenters. The Morgan fingerprint density at radius 3 is 2.53 bits per heavy atom. The monoisotopic (exact) mass is 479 g/mol. The van der Waals surface area contributed by atoms with Crippen molar-refractivity contribution in [1.29, 1.82) is 0 Å². The zero-order chi connectivity index (χ0) is 23.9. The van der Waals surface area contributed by atoms with Crippen LogP contribution in [0.25, 0.3) is 11.0 Å². The summed E-state index contributed by atoms with van der Waals surface area (Å²) in [4.78, 5) is 15.2. The van der Waals surface area contributed by atoms with Crippen LogP contribution in [0.3, 0.4) is 0 Å². The van der Waals surface area contributed by atoms with Crippen molar-refractivity contribution in [1.82, 2.24) is 8.96 Å². The second-order valence-corrected chi connectivity index (χ2v) is 9.60. The summed E-state index contributed by atoms with van der Waals surface area (Å²) < 4.78 is 40.9. The molecule has 2 aromatic heterocycles. The molecule has 0 amide bonds. The third kappa shape index (κ3) is 3.61. The molecule has 1 aliphatic rings. The van der Waals surface area contributed by atoms with E-state index < -0.39 is 27.2 Å². The number of ether oxygens (including phenoxy) is 2. The summed E-state index contributed by atoms with van der Waals surface area (Å²) in [5, 5.41) is 11.7. The minimum atomic E-state index is -4.03. The van der Waals surface area contributed by atoms with E-state index in [2.05, 4.69) is 4.98 Å². The third-order valence-corrected chi connectivity index (χ3v) is 7.54. The predicted molar refractivity (Wildman–Crippen MR) is 124 cm³/mol. The highest BCUT2D eigenvalue weighted by Gasteiger charge is 2.39. The van der Waals surface area contributed by atoms with Crippen molar-refractivity contribution in [2.45, 2.75) is 30.4 Å². The maximum Gasteiger partial charge on any atom is 0.269 e. The number of benzene rings is 2. The maximum atomic E-state index is 13.9. The molecule has 1 aliphatic heterocycles. The van der Waals surface area contributed by atoms with E-state index in [0.29, 0.717) is 35.4 Å². The van der Waals surface area contributed by atoms with E-state index in [1.807, 2.05) is 6.92 Å². The Kier molecular flexibility index (Phi) is 5.54. The van der Waals surface area contributed by atoms with Gasteiger partial charge in [-0.05, 0) is 36.8 Å². The van der Waals surface area contributed by atoms with Crippen LogP contribution < -0.4 is 4.74 Å². The topological polar surface area (TPSA) is 114 Å². The highest BCUT2D eigenvalue weighted by Crippen LogP contribution is 2.47. The zero-order valence-electron chi connectivity index (χ0n) is 18.2. The first-order valence-electron chi connectivity index (χ1n) is 10.7. The van der Waals surface area contributed by atoms with Crippen molar-refractivity contribution in [3.8, 4) is 5.75 Å². The Balaban J connectivity index is 1.79. The fourth-order valence-electron chi connectivity index (χ4n) is 4.34. The Morgan fingerprint density at radius 1 is 1.12 bits per heavy atom. The Hall–Kier alpha value is -3.76. The van der Waals surface area contributed by atoms with Gasteiger partial charge in [-0.15, -0.1) is 0 Å². The minimum absolute atomic E-state index is 0.0449. The van der Waals surface area contributed by atoms with Crippen molar-refractivity contribution in [3.05, 3.63) is 94.3 Å². The summed E-state index contributed by atoms with van der Waals surface area (Å²) in [6, 6.07) is 17.7. The van der Waals surface area contributed by atoms with Gasteiger partial charge >= 0.3 is 0 Å². The van der Waals surface area contributed by atoms with Crippen LogP contribution in [0.4, 0.5) is 5.69 Å². The van der Waals surface area contributed by atoms with Crippen LogP contribution in [0.15, 0.2) is 77.8 Å². The highest BCUT2D eigenvalue weighted by atomic mass is 32.2. The largest absolute Gasteiger partial charge is 0.462 e. The minimum Gasteiger partial charge on any atom is -0.462 e. The molecule has 0 bridgehead atoms. The maximum absolute atomic E-state index is 13.9. The summed E-state index contributed by atoms with van der Waals surface area (Å²) in [5.74, 6) is -0.0792.